The van der Waals surface area contributed by atoms with E-state index in [2.05, 4.69) is 26.3 Å². The molecule has 0 amide bonds. The van der Waals surface area contributed by atoms with Gasteiger partial charge in [0.25, 0.3) is 0 Å². The van der Waals surface area contributed by atoms with E-state index in [0.717, 1.165) is 15.6 Å². The van der Waals surface area contributed by atoms with Gasteiger partial charge in [0, 0.05) is 10.7 Å². The third kappa shape index (κ3) is 2.58. The van der Waals surface area contributed by atoms with Crippen molar-refractivity contribution >= 4 is 15.9 Å². The molecule has 0 aliphatic carbocycles. The number of aromatic nitrogens is 1. The molecule has 0 spiro atoms. The van der Waals surface area contributed by atoms with Crippen LogP contribution in [0.15, 0.2) is 41.1 Å². The van der Waals surface area contributed by atoms with Gasteiger partial charge >= 0.3 is 0 Å². The summed E-state index contributed by atoms with van der Waals surface area (Å²) in [5.41, 5.74) is 5.42. The minimum atomic E-state index is -0.378. The van der Waals surface area contributed by atoms with Crippen LogP contribution in [0, 0.1) is 12.7 Å². The number of pyridine rings is 1. The van der Waals surface area contributed by atoms with Crippen LogP contribution in [0.4, 0.5) is 4.39 Å². The fraction of sp³-hybridized carbons (Fsp3) is 0.154. The Hall–Kier alpha value is -1.30. The van der Waals surface area contributed by atoms with Gasteiger partial charge in [-0.05, 0) is 29.7 Å². The van der Waals surface area contributed by atoms with Gasteiger partial charge in [0.2, 0.25) is 0 Å². The van der Waals surface area contributed by atoms with Crippen molar-refractivity contribution in [3.8, 4) is 0 Å². The number of aryl methyl sites for hydroxylation is 1. The van der Waals surface area contributed by atoms with Crippen LogP contribution in [0.1, 0.15) is 22.7 Å². The molecule has 0 bridgehead atoms. The summed E-state index contributed by atoms with van der Waals surface area (Å²) in [5.74, 6) is 5.21. The Morgan fingerprint density at radius 1 is 1.39 bits per heavy atom. The van der Waals surface area contributed by atoms with Crippen molar-refractivity contribution in [2.45, 2.75) is 13.0 Å². The number of halogens is 2. The van der Waals surface area contributed by atoms with Crippen LogP contribution in [0.5, 0.6) is 0 Å². The SMILES string of the molecule is Cc1cccc(C(NN)c2cncc(F)c2)c1Br. The second-order valence-electron chi connectivity index (χ2n) is 4.01. The van der Waals surface area contributed by atoms with E-state index in [4.69, 9.17) is 5.84 Å². The summed E-state index contributed by atoms with van der Waals surface area (Å²) in [7, 11) is 0. The van der Waals surface area contributed by atoms with Gasteiger partial charge in [0.15, 0.2) is 0 Å². The van der Waals surface area contributed by atoms with Crippen LogP contribution >= 0.6 is 15.9 Å². The zero-order valence-electron chi connectivity index (χ0n) is 9.82. The Morgan fingerprint density at radius 2 is 2.17 bits per heavy atom. The van der Waals surface area contributed by atoms with Gasteiger partial charge < -0.3 is 0 Å². The second-order valence-corrected chi connectivity index (χ2v) is 4.81. The summed E-state index contributed by atoms with van der Waals surface area (Å²) < 4.78 is 14.2. The zero-order valence-corrected chi connectivity index (χ0v) is 11.4. The summed E-state index contributed by atoms with van der Waals surface area (Å²) in [6, 6.07) is 6.98. The molecule has 0 saturated heterocycles. The number of hydrogen-bond acceptors (Lipinski definition) is 3. The number of nitrogens with zero attached hydrogens (tertiary/aromatic N) is 1. The third-order valence-corrected chi connectivity index (χ3v) is 3.84. The summed E-state index contributed by atoms with van der Waals surface area (Å²) in [6.45, 7) is 1.99. The Bertz CT molecular complexity index is 560. The molecular formula is C13H13BrFN3. The van der Waals surface area contributed by atoms with Crippen molar-refractivity contribution in [3.05, 3.63) is 63.6 Å². The highest BCUT2D eigenvalue weighted by molar-refractivity contribution is 9.10. The zero-order chi connectivity index (χ0) is 13.1. The van der Waals surface area contributed by atoms with E-state index in [1.165, 1.54) is 12.3 Å². The van der Waals surface area contributed by atoms with Gasteiger partial charge in [-0.3, -0.25) is 10.8 Å². The van der Waals surface area contributed by atoms with Gasteiger partial charge in [-0.2, -0.15) is 0 Å². The third-order valence-electron chi connectivity index (χ3n) is 2.76. The molecule has 3 N–H and O–H groups in total. The molecule has 94 valence electrons. The highest BCUT2D eigenvalue weighted by atomic mass is 79.9. The lowest BCUT2D eigenvalue weighted by atomic mass is 9.99. The monoisotopic (exact) mass is 309 g/mol. The van der Waals surface area contributed by atoms with Crippen molar-refractivity contribution < 1.29 is 4.39 Å². The standard InChI is InChI=1S/C13H13BrFN3/c1-8-3-2-4-11(12(8)14)13(18-16)9-5-10(15)7-17-6-9/h2-7,13,18H,16H2,1H3. The predicted octanol–water partition coefficient (Wildman–Crippen LogP) is 2.84. The lowest BCUT2D eigenvalue weighted by Gasteiger charge is -2.19. The molecule has 1 atom stereocenters. The molecule has 1 heterocycles. The Labute approximate surface area is 113 Å². The van der Waals surface area contributed by atoms with E-state index in [9.17, 15) is 4.39 Å². The minimum absolute atomic E-state index is 0.303. The molecule has 3 nitrogen and oxygen atoms in total. The van der Waals surface area contributed by atoms with Crippen LogP contribution in [0.3, 0.4) is 0 Å². The van der Waals surface area contributed by atoms with Crippen LogP contribution in [0.25, 0.3) is 0 Å². The van der Waals surface area contributed by atoms with E-state index >= 15 is 0 Å². The van der Waals surface area contributed by atoms with E-state index in [1.807, 2.05) is 25.1 Å². The average Bonchev–Trinajstić information content (AvgIpc) is 2.35. The largest absolute Gasteiger partial charge is 0.271 e. The molecule has 0 aliphatic heterocycles. The Kier molecular flexibility index (Phi) is 4.06. The Balaban J connectivity index is 2.49. The average molecular weight is 310 g/mol. The smallest absolute Gasteiger partial charge is 0.141 e. The van der Waals surface area contributed by atoms with Crippen LogP contribution in [-0.2, 0) is 0 Å². The van der Waals surface area contributed by atoms with E-state index in [1.54, 1.807) is 6.20 Å². The molecule has 1 unspecified atom stereocenters. The van der Waals surface area contributed by atoms with Gasteiger partial charge in [0.05, 0.1) is 12.2 Å². The van der Waals surface area contributed by atoms with Crippen molar-refractivity contribution in [3.63, 3.8) is 0 Å². The summed E-state index contributed by atoms with van der Waals surface area (Å²) >= 11 is 3.53. The van der Waals surface area contributed by atoms with E-state index < -0.39 is 0 Å². The molecule has 2 rings (SSSR count). The first kappa shape index (κ1) is 13.1. The first-order chi connectivity index (χ1) is 8.63. The molecule has 2 aromatic rings. The number of benzene rings is 1. The van der Waals surface area contributed by atoms with Crippen molar-refractivity contribution in [1.29, 1.82) is 0 Å². The number of hydrogen-bond donors (Lipinski definition) is 2. The highest BCUT2D eigenvalue weighted by Gasteiger charge is 2.17. The quantitative estimate of drug-likeness (QED) is 0.677. The normalized spacial score (nSPS) is 12.4. The molecule has 0 aliphatic rings. The van der Waals surface area contributed by atoms with Gasteiger partial charge in [0.1, 0.15) is 5.82 Å². The number of rotatable bonds is 3. The van der Waals surface area contributed by atoms with Gasteiger partial charge in [-0.1, -0.05) is 34.1 Å². The number of nitrogens with two attached hydrogens (primary N) is 1. The van der Waals surface area contributed by atoms with Crippen LogP contribution < -0.4 is 11.3 Å². The molecule has 0 fully saturated rings. The van der Waals surface area contributed by atoms with Crippen molar-refractivity contribution in [1.82, 2.24) is 10.4 Å². The maximum absolute atomic E-state index is 13.2. The second kappa shape index (κ2) is 5.56. The maximum Gasteiger partial charge on any atom is 0.141 e. The van der Waals surface area contributed by atoms with Crippen LogP contribution in [-0.4, -0.2) is 4.98 Å². The molecule has 5 heteroatoms. The number of nitrogens with one attached hydrogen (secondary N) is 1. The van der Waals surface area contributed by atoms with Crippen molar-refractivity contribution in [2.75, 3.05) is 0 Å². The lowest BCUT2D eigenvalue weighted by Crippen LogP contribution is -2.29. The first-order valence-electron chi connectivity index (χ1n) is 5.45. The lowest BCUT2D eigenvalue weighted by molar-refractivity contribution is 0.597. The highest BCUT2D eigenvalue weighted by Crippen LogP contribution is 2.30. The number of hydrazine groups is 1. The Morgan fingerprint density at radius 3 is 2.83 bits per heavy atom. The fourth-order valence-corrected chi connectivity index (χ4v) is 2.34. The molecule has 1 aromatic heterocycles. The predicted molar refractivity (Wildman–Crippen MR) is 72.2 cm³/mol. The van der Waals surface area contributed by atoms with E-state index in [0.29, 0.717) is 5.56 Å². The van der Waals surface area contributed by atoms with Gasteiger partial charge in [-0.25, -0.2) is 9.82 Å². The first-order valence-corrected chi connectivity index (χ1v) is 6.24. The maximum atomic E-state index is 13.2. The molecule has 1 aromatic carbocycles. The molecule has 0 saturated carbocycles. The van der Waals surface area contributed by atoms with Gasteiger partial charge in [-0.15, -0.1) is 0 Å². The van der Waals surface area contributed by atoms with Crippen molar-refractivity contribution in [2.24, 2.45) is 5.84 Å². The summed E-state index contributed by atoms with van der Waals surface area (Å²) in [4.78, 5) is 3.84. The topological polar surface area (TPSA) is 50.9 Å². The molecule has 18 heavy (non-hydrogen) atoms. The minimum Gasteiger partial charge on any atom is -0.271 e. The van der Waals surface area contributed by atoms with Crippen LogP contribution in [0.2, 0.25) is 0 Å². The summed E-state index contributed by atoms with van der Waals surface area (Å²) in [5, 5.41) is 0. The summed E-state index contributed by atoms with van der Waals surface area (Å²) in [6.07, 6.45) is 2.77. The molecular weight excluding hydrogens is 297 g/mol. The fourth-order valence-electron chi connectivity index (χ4n) is 1.84. The molecule has 0 radical (unpaired) electrons. The van der Waals surface area contributed by atoms with E-state index in [-0.39, 0.29) is 11.9 Å².